The van der Waals surface area contributed by atoms with Gasteiger partial charge in [-0.05, 0) is 24.1 Å². The Bertz CT molecular complexity index is 901. The average Bonchev–Trinajstić information content (AvgIpc) is 3.41. The quantitative estimate of drug-likeness (QED) is 0.587. The molecule has 8 nitrogen and oxygen atoms in total. The van der Waals surface area contributed by atoms with Gasteiger partial charge in [0.25, 0.3) is 0 Å². The summed E-state index contributed by atoms with van der Waals surface area (Å²) >= 11 is 0. The number of hydrogen-bond acceptors (Lipinski definition) is 6. The number of amides is 2. The van der Waals surface area contributed by atoms with Gasteiger partial charge in [-0.1, -0.05) is 36.3 Å². The van der Waals surface area contributed by atoms with Crippen LogP contribution in [0.5, 0.6) is 0 Å². The van der Waals surface area contributed by atoms with Crippen LogP contribution in [0, 0.1) is 0 Å². The van der Waals surface area contributed by atoms with Crippen molar-refractivity contribution >= 4 is 11.8 Å². The Morgan fingerprint density at radius 3 is 2.61 bits per heavy atom. The molecule has 1 aromatic carbocycles. The standard InChI is InChI=1S/C20H22N4O4/c1-2-14-5-7-15(8-6-14)20-23-19(28-24-20)10-9-17(25)22-13-18(26)21-12-16-4-3-11-27-16/h3-8,11H,2,9-10,12-13H2,1H3,(H,21,26)(H,22,25). The predicted octanol–water partition coefficient (Wildman–Crippen LogP) is 2.26. The first-order valence-electron chi connectivity index (χ1n) is 9.11. The fourth-order valence-corrected chi connectivity index (χ4v) is 2.51. The lowest BCUT2D eigenvalue weighted by molar-refractivity contribution is -0.126. The van der Waals surface area contributed by atoms with E-state index in [1.54, 1.807) is 12.1 Å². The third-order valence-electron chi connectivity index (χ3n) is 4.14. The molecule has 2 N–H and O–H groups in total. The molecule has 0 saturated carbocycles. The lowest BCUT2D eigenvalue weighted by atomic mass is 10.1. The van der Waals surface area contributed by atoms with Crippen LogP contribution in [0.25, 0.3) is 11.4 Å². The van der Waals surface area contributed by atoms with Gasteiger partial charge in [0.2, 0.25) is 23.5 Å². The first-order valence-corrected chi connectivity index (χ1v) is 9.11. The summed E-state index contributed by atoms with van der Waals surface area (Å²) in [6.45, 7) is 2.28. The Balaban J connectivity index is 1.39. The first kappa shape index (κ1) is 19.3. The molecule has 0 fully saturated rings. The summed E-state index contributed by atoms with van der Waals surface area (Å²) in [6.07, 6.45) is 2.96. The maximum atomic E-state index is 11.9. The summed E-state index contributed by atoms with van der Waals surface area (Å²) in [7, 11) is 0. The second-order valence-electron chi connectivity index (χ2n) is 6.20. The minimum atomic E-state index is -0.291. The monoisotopic (exact) mass is 382 g/mol. The molecule has 0 bridgehead atoms. The van der Waals surface area contributed by atoms with Gasteiger partial charge in [-0.25, -0.2) is 0 Å². The van der Waals surface area contributed by atoms with Crippen LogP contribution in [-0.4, -0.2) is 28.5 Å². The molecular weight excluding hydrogens is 360 g/mol. The van der Waals surface area contributed by atoms with Gasteiger partial charge >= 0.3 is 0 Å². The number of nitrogens with one attached hydrogen (secondary N) is 2. The van der Waals surface area contributed by atoms with E-state index in [1.165, 1.54) is 11.8 Å². The van der Waals surface area contributed by atoms with E-state index in [-0.39, 0.29) is 31.3 Å². The van der Waals surface area contributed by atoms with Gasteiger partial charge in [0.15, 0.2) is 0 Å². The number of rotatable bonds is 9. The lowest BCUT2D eigenvalue weighted by Crippen LogP contribution is -2.36. The minimum Gasteiger partial charge on any atom is -0.467 e. The molecule has 28 heavy (non-hydrogen) atoms. The Morgan fingerprint density at radius 1 is 1.07 bits per heavy atom. The van der Waals surface area contributed by atoms with E-state index in [4.69, 9.17) is 8.94 Å². The Morgan fingerprint density at radius 2 is 1.89 bits per heavy atom. The summed E-state index contributed by atoms with van der Waals surface area (Å²) in [5.41, 5.74) is 2.10. The number of carbonyl (C=O) groups excluding carboxylic acids is 2. The van der Waals surface area contributed by atoms with Crippen molar-refractivity contribution in [1.29, 1.82) is 0 Å². The van der Waals surface area contributed by atoms with Crippen molar-refractivity contribution in [2.24, 2.45) is 0 Å². The molecule has 0 atom stereocenters. The molecule has 3 aromatic rings. The number of aryl methyl sites for hydroxylation is 2. The highest BCUT2D eigenvalue weighted by molar-refractivity contribution is 5.84. The Labute approximate surface area is 162 Å². The van der Waals surface area contributed by atoms with Crippen LogP contribution in [0.15, 0.2) is 51.6 Å². The first-order chi connectivity index (χ1) is 13.6. The van der Waals surface area contributed by atoms with Crippen molar-refractivity contribution in [2.45, 2.75) is 32.7 Å². The molecule has 0 radical (unpaired) electrons. The van der Waals surface area contributed by atoms with E-state index in [2.05, 4.69) is 27.7 Å². The number of furan rings is 1. The van der Waals surface area contributed by atoms with E-state index in [0.717, 1.165) is 12.0 Å². The maximum Gasteiger partial charge on any atom is 0.239 e. The second-order valence-corrected chi connectivity index (χ2v) is 6.20. The van der Waals surface area contributed by atoms with Crippen LogP contribution in [0.4, 0.5) is 0 Å². The third kappa shape index (κ3) is 5.54. The molecule has 0 unspecified atom stereocenters. The van der Waals surface area contributed by atoms with E-state index >= 15 is 0 Å². The normalized spacial score (nSPS) is 10.6. The molecule has 2 heterocycles. The van der Waals surface area contributed by atoms with Crippen molar-refractivity contribution < 1.29 is 18.5 Å². The molecule has 0 aliphatic carbocycles. The highest BCUT2D eigenvalue weighted by Gasteiger charge is 2.11. The van der Waals surface area contributed by atoms with E-state index < -0.39 is 0 Å². The second kappa shape index (κ2) is 9.50. The van der Waals surface area contributed by atoms with Crippen LogP contribution < -0.4 is 10.6 Å². The van der Waals surface area contributed by atoms with Crippen molar-refractivity contribution in [3.05, 3.63) is 59.9 Å². The molecule has 146 valence electrons. The largest absolute Gasteiger partial charge is 0.467 e. The summed E-state index contributed by atoms with van der Waals surface area (Å²) in [6, 6.07) is 11.4. The van der Waals surface area contributed by atoms with Crippen LogP contribution in [0.1, 0.15) is 30.6 Å². The zero-order valence-corrected chi connectivity index (χ0v) is 15.6. The van der Waals surface area contributed by atoms with Gasteiger partial charge in [0.05, 0.1) is 19.4 Å². The molecule has 2 aromatic heterocycles. The SMILES string of the molecule is CCc1ccc(-c2noc(CCC(=O)NCC(=O)NCc3ccco3)n2)cc1. The zero-order chi connectivity index (χ0) is 19.8. The van der Waals surface area contributed by atoms with Crippen molar-refractivity contribution in [1.82, 2.24) is 20.8 Å². The zero-order valence-electron chi connectivity index (χ0n) is 15.6. The van der Waals surface area contributed by atoms with Crippen molar-refractivity contribution in [2.75, 3.05) is 6.54 Å². The van der Waals surface area contributed by atoms with Gasteiger partial charge in [0, 0.05) is 18.4 Å². The number of carbonyl (C=O) groups is 2. The van der Waals surface area contributed by atoms with E-state index in [1.807, 2.05) is 24.3 Å². The molecule has 3 rings (SSSR count). The maximum absolute atomic E-state index is 11.9. The number of hydrogen-bond donors (Lipinski definition) is 2. The summed E-state index contributed by atoms with van der Waals surface area (Å²) in [4.78, 5) is 27.9. The molecule has 0 spiro atoms. The van der Waals surface area contributed by atoms with Crippen molar-refractivity contribution in [3.63, 3.8) is 0 Å². The number of benzene rings is 1. The molecule has 8 heteroatoms. The number of aromatic nitrogens is 2. The van der Waals surface area contributed by atoms with Crippen LogP contribution >= 0.6 is 0 Å². The molecule has 0 aliphatic heterocycles. The molecule has 2 amide bonds. The fraction of sp³-hybridized carbons (Fsp3) is 0.300. The lowest BCUT2D eigenvalue weighted by Gasteiger charge is -2.05. The fourth-order valence-electron chi connectivity index (χ4n) is 2.51. The molecular formula is C20H22N4O4. The molecule has 0 aliphatic rings. The van der Waals surface area contributed by atoms with E-state index in [0.29, 0.717) is 23.9 Å². The highest BCUT2D eigenvalue weighted by atomic mass is 16.5. The van der Waals surface area contributed by atoms with Gasteiger partial charge in [0.1, 0.15) is 5.76 Å². The van der Waals surface area contributed by atoms with Crippen LogP contribution in [0.3, 0.4) is 0 Å². The smallest absolute Gasteiger partial charge is 0.239 e. The summed E-state index contributed by atoms with van der Waals surface area (Å²) < 4.78 is 10.3. The minimum absolute atomic E-state index is 0.0988. The molecule has 0 saturated heterocycles. The summed E-state index contributed by atoms with van der Waals surface area (Å²) in [5.74, 6) is 0.971. The Hall–Kier alpha value is -3.42. The highest BCUT2D eigenvalue weighted by Crippen LogP contribution is 2.17. The van der Waals surface area contributed by atoms with Gasteiger partial charge in [-0.2, -0.15) is 4.98 Å². The van der Waals surface area contributed by atoms with Gasteiger partial charge < -0.3 is 19.6 Å². The predicted molar refractivity (Wildman–Crippen MR) is 101 cm³/mol. The van der Waals surface area contributed by atoms with Crippen LogP contribution in [0.2, 0.25) is 0 Å². The number of nitrogens with zero attached hydrogens (tertiary/aromatic N) is 2. The Kier molecular flexibility index (Phi) is 6.56. The van der Waals surface area contributed by atoms with E-state index in [9.17, 15) is 9.59 Å². The topological polar surface area (TPSA) is 110 Å². The van der Waals surface area contributed by atoms with Crippen molar-refractivity contribution in [3.8, 4) is 11.4 Å². The van der Waals surface area contributed by atoms with Crippen LogP contribution in [-0.2, 0) is 29.0 Å². The van der Waals surface area contributed by atoms with Gasteiger partial charge in [-0.3, -0.25) is 9.59 Å². The van der Waals surface area contributed by atoms with Gasteiger partial charge in [-0.15, -0.1) is 0 Å². The third-order valence-corrected chi connectivity index (χ3v) is 4.14. The summed E-state index contributed by atoms with van der Waals surface area (Å²) in [5, 5.41) is 9.17. The average molecular weight is 382 g/mol.